The second-order valence-electron chi connectivity index (χ2n) is 9.27. The van der Waals surface area contributed by atoms with Gasteiger partial charge in [0.1, 0.15) is 11.6 Å². The van der Waals surface area contributed by atoms with Crippen LogP contribution in [0.3, 0.4) is 0 Å². The van der Waals surface area contributed by atoms with Crippen LogP contribution in [0, 0.1) is 0 Å². The molecule has 8 nitrogen and oxygen atoms in total. The molecule has 1 aliphatic heterocycles. The van der Waals surface area contributed by atoms with Gasteiger partial charge < -0.3 is 30.6 Å². The second kappa shape index (κ2) is 12.1. The van der Waals surface area contributed by atoms with Crippen molar-refractivity contribution in [1.82, 2.24) is 9.97 Å². The predicted molar refractivity (Wildman–Crippen MR) is 135 cm³/mol. The topological polar surface area (TPSA) is 104 Å². The summed E-state index contributed by atoms with van der Waals surface area (Å²) in [4.78, 5) is 9.29. The fourth-order valence-electron chi connectivity index (χ4n) is 4.50. The molecule has 1 aliphatic carbocycles. The Hall–Kier alpha value is -1.97. The predicted octanol–water partition coefficient (Wildman–Crippen LogP) is 4.10. The van der Waals surface area contributed by atoms with Gasteiger partial charge in [-0.1, -0.05) is 17.7 Å². The Morgan fingerprint density at radius 1 is 1.15 bits per heavy atom. The van der Waals surface area contributed by atoms with Gasteiger partial charge in [0.25, 0.3) is 0 Å². The monoisotopic (exact) mass is 489 g/mol. The van der Waals surface area contributed by atoms with E-state index in [9.17, 15) is 0 Å². The molecule has 9 heteroatoms. The number of nitrogens with zero attached hydrogens (tertiary/aromatic N) is 2. The van der Waals surface area contributed by atoms with Crippen molar-refractivity contribution in [2.75, 3.05) is 50.7 Å². The van der Waals surface area contributed by atoms with Gasteiger partial charge in [-0.05, 0) is 56.7 Å². The Morgan fingerprint density at radius 3 is 2.71 bits per heavy atom. The molecule has 2 aromatic rings. The normalized spacial score (nSPS) is 22.3. The van der Waals surface area contributed by atoms with Crippen LogP contribution in [0.15, 0.2) is 30.5 Å². The van der Waals surface area contributed by atoms with E-state index < -0.39 is 0 Å². The lowest BCUT2D eigenvalue weighted by Crippen LogP contribution is -2.50. The Labute approximate surface area is 206 Å². The second-order valence-corrected chi connectivity index (χ2v) is 9.67. The Balaban J connectivity index is 1.36. The van der Waals surface area contributed by atoms with Gasteiger partial charge in [0.2, 0.25) is 0 Å². The van der Waals surface area contributed by atoms with E-state index in [2.05, 4.69) is 15.6 Å². The number of rotatable bonds is 10. The molecule has 2 fully saturated rings. The zero-order chi connectivity index (χ0) is 23.8. The molecule has 34 heavy (non-hydrogen) atoms. The molecule has 0 spiro atoms. The van der Waals surface area contributed by atoms with Crippen LogP contribution in [0.25, 0.3) is 11.3 Å². The fraction of sp³-hybridized carbons (Fsp3) is 0.600. The first-order valence-electron chi connectivity index (χ1n) is 12.2. The third kappa shape index (κ3) is 7.02. The third-order valence-electron chi connectivity index (χ3n) is 6.66. The van der Waals surface area contributed by atoms with Crippen molar-refractivity contribution in [2.45, 2.75) is 56.2 Å². The average molecular weight is 490 g/mol. The summed E-state index contributed by atoms with van der Waals surface area (Å²) in [5.74, 6) is 1.59. The highest BCUT2D eigenvalue weighted by Gasteiger charge is 2.28. The van der Waals surface area contributed by atoms with E-state index in [0.29, 0.717) is 50.1 Å². The summed E-state index contributed by atoms with van der Waals surface area (Å²) in [5.41, 5.74) is 7.89. The molecule has 3 heterocycles. The number of halogens is 1. The van der Waals surface area contributed by atoms with Crippen molar-refractivity contribution in [3.8, 4) is 11.3 Å². The molecule has 0 atom stereocenters. The van der Waals surface area contributed by atoms with Crippen molar-refractivity contribution in [3.05, 3.63) is 35.5 Å². The molecule has 4 N–H and O–H groups in total. The lowest BCUT2D eigenvalue weighted by Gasteiger charge is -2.33. The molecule has 4 rings (SSSR count). The molecule has 0 aromatic carbocycles. The van der Waals surface area contributed by atoms with E-state index in [-0.39, 0.29) is 5.54 Å². The minimum atomic E-state index is -0.269. The maximum atomic E-state index is 6.52. The molecular weight excluding hydrogens is 454 g/mol. The van der Waals surface area contributed by atoms with E-state index in [4.69, 9.17) is 36.5 Å². The SMILES string of the molecule is COCCO[C@H]1CC[C@H](Nc2cc(-c3cccc(NCC4(N)CCOCC4)n3)c(Cl)cn2)CC1. The lowest BCUT2D eigenvalue weighted by atomic mass is 9.91. The van der Waals surface area contributed by atoms with Gasteiger partial charge in [-0.25, -0.2) is 9.97 Å². The van der Waals surface area contributed by atoms with Crippen LogP contribution >= 0.6 is 11.6 Å². The highest BCUT2D eigenvalue weighted by Crippen LogP contribution is 2.30. The molecule has 0 amide bonds. The van der Waals surface area contributed by atoms with Crippen molar-refractivity contribution < 1.29 is 14.2 Å². The highest BCUT2D eigenvalue weighted by atomic mass is 35.5. The summed E-state index contributed by atoms with van der Waals surface area (Å²) < 4.78 is 16.4. The van der Waals surface area contributed by atoms with Crippen molar-refractivity contribution in [1.29, 1.82) is 0 Å². The van der Waals surface area contributed by atoms with E-state index in [0.717, 1.165) is 61.4 Å². The Bertz CT molecular complexity index is 917. The van der Waals surface area contributed by atoms with Gasteiger partial charge in [0.15, 0.2) is 0 Å². The molecule has 2 aromatic heterocycles. The molecule has 0 unspecified atom stereocenters. The number of nitrogens with one attached hydrogen (secondary N) is 2. The molecule has 1 saturated heterocycles. The minimum Gasteiger partial charge on any atom is -0.382 e. The summed E-state index contributed by atoms with van der Waals surface area (Å²) >= 11 is 6.52. The summed E-state index contributed by atoms with van der Waals surface area (Å²) in [6.07, 6.45) is 7.84. The van der Waals surface area contributed by atoms with Crippen molar-refractivity contribution >= 4 is 23.2 Å². The largest absolute Gasteiger partial charge is 0.382 e. The number of ether oxygens (including phenoxy) is 3. The first kappa shape index (κ1) is 25.1. The van der Waals surface area contributed by atoms with Crippen molar-refractivity contribution in [2.24, 2.45) is 5.73 Å². The molecule has 0 bridgehead atoms. The number of aromatic nitrogens is 2. The fourth-order valence-corrected chi connectivity index (χ4v) is 4.70. The molecular formula is C25H36ClN5O3. The van der Waals surface area contributed by atoms with Gasteiger partial charge in [0.05, 0.1) is 30.0 Å². The number of hydrogen-bond acceptors (Lipinski definition) is 8. The Kier molecular flexibility index (Phi) is 8.97. The maximum absolute atomic E-state index is 6.52. The minimum absolute atomic E-state index is 0.269. The number of pyridine rings is 2. The first-order chi connectivity index (χ1) is 16.5. The number of hydrogen-bond donors (Lipinski definition) is 3. The summed E-state index contributed by atoms with van der Waals surface area (Å²) in [6, 6.07) is 8.24. The zero-order valence-corrected chi connectivity index (χ0v) is 20.7. The summed E-state index contributed by atoms with van der Waals surface area (Å²) in [6.45, 7) is 3.36. The van der Waals surface area contributed by atoms with Gasteiger partial charge in [-0.2, -0.15) is 0 Å². The lowest BCUT2D eigenvalue weighted by molar-refractivity contribution is -0.00156. The maximum Gasteiger partial charge on any atom is 0.126 e. The van der Waals surface area contributed by atoms with Gasteiger partial charge >= 0.3 is 0 Å². The molecule has 2 aliphatic rings. The highest BCUT2D eigenvalue weighted by molar-refractivity contribution is 6.33. The standard InChI is InChI=1S/C25H36ClN5O3/c1-32-13-14-34-19-7-5-18(6-8-19)30-24-15-20(21(26)16-28-24)22-3-2-4-23(31-22)29-17-25(27)9-11-33-12-10-25/h2-4,15-16,18-19H,5-14,17,27H2,1H3,(H,28,30)(H,29,31)/t18-,19-. The summed E-state index contributed by atoms with van der Waals surface area (Å²) in [7, 11) is 1.70. The van der Waals surface area contributed by atoms with Gasteiger partial charge in [-0.3, -0.25) is 0 Å². The van der Waals surface area contributed by atoms with Crippen molar-refractivity contribution in [3.63, 3.8) is 0 Å². The molecule has 1 saturated carbocycles. The smallest absolute Gasteiger partial charge is 0.126 e. The van der Waals surface area contributed by atoms with Gasteiger partial charge in [0, 0.05) is 50.2 Å². The van der Waals surface area contributed by atoms with Crippen LogP contribution in [0.1, 0.15) is 38.5 Å². The number of anilines is 2. The van der Waals surface area contributed by atoms with Crippen LogP contribution in [-0.2, 0) is 14.2 Å². The quantitative estimate of drug-likeness (QED) is 0.428. The summed E-state index contributed by atoms with van der Waals surface area (Å²) in [5, 5.41) is 7.55. The average Bonchev–Trinajstić information content (AvgIpc) is 2.86. The Morgan fingerprint density at radius 2 is 1.94 bits per heavy atom. The van der Waals surface area contributed by atoms with E-state index in [1.807, 2.05) is 24.3 Å². The molecule has 186 valence electrons. The van der Waals surface area contributed by atoms with Crippen LogP contribution in [0.5, 0.6) is 0 Å². The van der Waals surface area contributed by atoms with E-state index in [1.54, 1.807) is 13.3 Å². The van der Waals surface area contributed by atoms with Gasteiger partial charge in [-0.15, -0.1) is 0 Å². The number of nitrogens with two attached hydrogens (primary N) is 1. The van der Waals surface area contributed by atoms with Crippen LogP contribution in [-0.4, -0.2) is 67.7 Å². The zero-order valence-electron chi connectivity index (χ0n) is 19.9. The van der Waals surface area contributed by atoms with E-state index in [1.165, 1.54) is 0 Å². The van der Waals surface area contributed by atoms with Crippen LogP contribution in [0.4, 0.5) is 11.6 Å². The number of methoxy groups -OCH3 is 1. The van der Waals surface area contributed by atoms with Crippen LogP contribution < -0.4 is 16.4 Å². The first-order valence-corrected chi connectivity index (χ1v) is 12.5. The molecule has 0 radical (unpaired) electrons. The third-order valence-corrected chi connectivity index (χ3v) is 6.96. The van der Waals surface area contributed by atoms with Crippen LogP contribution in [0.2, 0.25) is 5.02 Å². The van der Waals surface area contributed by atoms with E-state index >= 15 is 0 Å².